The highest BCUT2D eigenvalue weighted by atomic mass is 32.1. The number of pyridine rings is 2. The Balaban J connectivity index is 0.866. The maximum atomic E-state index is 5.50. The number of hydrogen-bond acceptors (Lipinski definition) is 3. The summed E-state index contributed by atoms with van der Waals surface area (Å²) in [6.45, 7) is 2.40. The molecule has 10 aromatic carbocycles. The summed E-state index contributed by atoms with van der Waals surface area (Å²) in [4.78, 5) is 10.3. The molecule has 4 heterocycles. The molecule has 1 aliphatic carbocycles. The Kier molecular flexibility index (Phi) is 8.28. The molecule has 14 aromatic rings. The first-order valence-electron chi connectivity index (χ1n) is 23.9. The maximum absolute atomic E-state index is 5.50. The maximum Gasteiger partial charge on any atom is 0.156 e. The number of imidazole rings is 1. The van der Waals surface area contributed by atoms with E-state index in [-0.39, 0.29) is 0 Å². The van der Waals surface area contributed by atoms with Gasteiger partial charge >= 0.3 is 0 Å². The van der Waals surface area contributed by atoms with Crippen LogP contribution in [0.2, 0.25) is 0 Å². The van der Waals surface area contributed by atoms with Crippen LogP contribution in [-0.2, 0) is 0 Å². The van der Waals surface area contributed by atoms with Gasteiger partial charge in [0.25, 0.3) is 0 Å². The number of hydrogen-bond donors (Lipinski definition) is 0. The van der Waals surface area contributed by atoms with Crippen LogP contribution < -0.4 is 10.4 Å². The van der Waals surface area contributed by atoms with Crippen molar-refractivity contribution in [1.82, 2.24) is 14.4 Å². The lowest BCUT2D eigenvalue weighted by Crippen LogP contribution is -2.35. The van der Waals surface area contributed by atoms with Crippen molar-refractivity contribution in [2.45, 2.75) is 13.3 Å². The van der Waals surface area contributed by atoms with Crippen LogP contribution in [0.4, 0.5) is 0 Å². The summed E-state index contributed by atoms with van der Waals surface area (Å²) in [7, 11) is 0. The predicted octanol–water partition coefficient (Wildman–Crippen LogP) is 15.8. The molecule has 4 heteroatoms. The van der Waals surface area contributed by atoms with Gasteiger partial charge in [0.15, 0.2) is 5.65 Å². The summed E-state index contributed by atoms with van der Waals surface area (Å²) in [6.07, 6.45) is 2.95. The second kappa shape index (κ2) is 14.8. The molecule has 0 fully saturated rings. The zero-order valence-corrected chi connectivity index (χ0v) is 38.6. The second-order valence-electron chi connectivity index (χ2n) is 19.0. The Morgan fingerprint density at radius 3 is 1.88 bits per heavy atom. The van der Waals surface area contributed by atoms with Gasteiger partial charge in [0.05, 0.1) is 26.9 Å². The van der Waals surface area contributed by atoms with Crippen molar-refractivity contribution in [3.8, 4) is 22.4 Å². The van der Waals surface area contributed by atoms with Crippen molar-refractivity contribution in [2.75, 3.05) is 0 Å². The standard InChI is InChI=1S/C65H41N3S/c1-38-30-56(41-20-18-39(19-21-41)46-27-28-53-50-14-6-5-13-47(50)37-66-58(53)33-46)52-16-8-9-17-54(52)62(38)43-24-22-42(23-25-43)60-36-57-55-29-26-40-10-4-7-15-51(40)63(55)69-64(57)65-67-59-34-48-31-44-11-2-3-12-45(44)32-49(48)35-61(59)68(60)65/h2-29,31-38H,30H2,1H3. The van der Waals surface area contributed by atoms with Crippen molar-refractivity contribution in [1.29, 1.82) is 0 Å². The molecule has 0 aliphatic heterocycles. The van der Waals surface area contributed by atoms with Crippen molar-refractivity contribution in [2.24, 2.45) is 5.92 Å². The molecule has 69 heavy (non-hydrogen) atoms. The number of rotatable bonds is 4. The average Bonchev–Trinajstić information content (AvgIpc) is 3.98. The third-order valence-electron chi connectivity index (χ3n) is 15.0. The van der Waals surface area contributed by atoms with Crippen LogP contribution in [0.3, 0.4) is 0 Å². The van der Waals surface area contributed by atoms with Gasteiger partial charge in [-0.1, -0.05) is 177 Å². The van der Waals surface area contributed by atoms with Gasteiger partial charge in [-0.3, -0.25) is 9.38 Å². The highest BCUT2D eigenvalue weighted by Gasteiger charge is 2.23. The molecular formula is C65H41N3S. The molecule has 1 unspecified atom stereocenters. The zero-order valence-electron chi connectivity index (χ0n) is 37.7. The largest absolute Gasteiger partial charge is 0.291 e. The fraction of sp³-hybridized carbons (Fsp3) is 0.0462. The van der Waals surface area contributed by atoms with E-state index in [1.807, 2.05) is 17.5 Å². The third-order valence-corrected chi connectivity index (χ3v) is 16.3. The van der Waals surface area contributed by atoms with E-state index < -0.39 is 0 Å². The van der Waals surface area contributed by atoms with Crippen molar-refractivity contribution < 1.29 is 0 Å². The number of aromatic nitrogens is 3. The van der Waals surface area contributed by atoms with Crippen LogP contribution >= 0.6 is 11.3 Å². The van der Waals surface area contributed by atoms with Gasteiger partial charge in [0.1, 0.15) is 0 Å². The van der Waals surface area contributed by atoms with Crippen LogP contribution in [0.15, 0.2) is 212 Å². The Labute approximate surface area is 401 Å². The molecule has 0 bridgehead atoms. The zero-order chi connectivity index (χ0) is 45.3. The Morgan fingerprint density at radius 2 is 1.07 bits per heavy atom. The lowest BCUT2D eigenvalue weighted by Gasteiger charge is -2.24. The smallest absolute Gasteiger partial charge is 0.156 e. The molecule has 322 valence electrons. The van der Waals surface area contributed by atoms with Crippen LogP contribution in [0.5, 0.6) is 0 Å². The van der Waals surface area contributed by atoms with Crippen LogP contribution in [0.1, 0.15) is 24.5 Å². The first-order chi connectivity index (χ1) is 34.1. The molecule has 0 radical (unpaired) electrons. The molecular weight excluding hydrogens is 855 g/mol. The number of fused-ring (bicyclic) bond motifs is 15. The predicted molar refractivity (Wildman–Crippen MR) is 293 cm³/mol. The van der Waals surface area contributed by atoms with E-state index >= 15 is 0 Å². The van der Waals surface area contributed by atoms with Crippen LogP contribution in [-0.4, -0.2) is 14.4 Å². The van der Waals surface area contributed by atoms with Gasteiger partial charge in [-0.05, 0) is 136 Å². The number of nitrogens with zero attached hydrogens (tertiary/aromatic N) is 3. The highest BCUT2D eigenvalue weighted by molar-refractivity contribution is 7.27. The minimum absolute atomic E-state index is 0.318. The average molecular weight is 896 g/mol. The van der Waals surface area contributed by atoms with E-state index in [2.05, 4.69) is 218 Å². The topological polar surface area (TPSA) is 30.2 Å². The van der Waals surface area contributed by atoms with E-state index in [1.54, 1.807) is 0 Å². The van der Waals surface area contributed by atoms with Gasteiger partial charge in [-0.15, -0.1) is 11.3 Å². The molecule has 1 aliphatic rings. The quantitative estimate of drug-likeness (QED) is 0.130. The molecule has 1 atom stereocenters. The molecule has 0 saturated heterocycles. The first-order valence-corrected chi connectivity index (χ1v) is 24.7. The monoisotopic (exact) mass is 895 g/mol. The van der Waals surface area contributed by atoms with Crippen LogP contribution in [0.25, 0.3) is 124 Å². The normalized spacial score (nSPS) is 14.2. The molecule has 4 aromatic heterocycles. The Morgan fingerprint density at radius 1 is 0.435 bits per heavy atom. The summed E-state index contributed by atoms with van der Waals surface area (Å²) >= 11 is 1.87. The van der Waals surface area contributed by atoms with Gasteiger partial charge in [0, 0.05) is 32.4 Å². The summed E-state index contributed by atoms with van der Waals surface area (Å²) in [5.41, 5.74) is 14.2. The van der Waals surface area contributed by atoms with E-state index in [4.69, 9.17) is 9.97 Å². The summed E-state index contributed by atoms with van der Waals surface area (Å²) < 4.78 is 4.96. The summed E-state index contributed by atoms with van der Waals surface area (Å²) in [5, 5.41) is 16.2. The number of benzene rings is 10. The van der Waals surface area contributed by atoms with E-state index in [0.29, 0.717) is 5.92 Å². The number of thiophene rings is 1. The fourth-order valence-corrected chi connectivity index (χ4v) is 13.0. The highest BCUT2D eigenvalue weighted by Crippen LogP contribution is 2.44. The van der Waals surface area contributed by atoms with Crippen molar-refractivity contribution in [3.05, 3.63) is 234 Å². The Bertz CT molecular complexity index is 4630. The van der Waals surface area contributed by atoms with Gasteiger partial charge in [0.2, 0.25) is 0 Å². The molecule has 0 amide bonds. The molecule has 0 N–H and O–H groups in total. The summed E-state index contributed by atoms with van der Waals surface area (Å²) in [6, 6.07) is 76.4. The lowest BCUT2D eigenvalue weighted by atomic mass is 9.80. The van der Waals surface area contributed by atoms with Gasteiger partial charge in [-0.2, -0.15) is 0 Å². The third kappa shape index (κ3) is 5.92. The van der Waals surface area contributed by atoms with Crippen molar-refractivity contribution in [3.63, 3.8) is 0 Å². The summed E-state index contributed by atoms with van der Waals surface area (Å²) in [5.74, 6) is 0.318. The lowest BCUT2D eigenvalue weighted by molar-refractivity contribution is 0.760. The Hall–Kier alpha value is -8.44. The van der Waals surface area contributed by atoms with E-state index in [0.717, 1.165) is 34.3 Å². The molecule has 0 spiro atoms. The van der Waals surface area contributed by atoms with Crippen molar-refractivity contribution >= 4 is 113 Å². The van der Waals surface area contributed by atoms with Gasteiger partial charge in [-0.25, -0.2) is 4.98 Å². The molecule has 15 rings (SSSR count). The second-order valence-corrected chi connectivity index (χ2v) is 20.0. The van der Waals surface area contributed by atoms with Gasteiger partial charge < -0.3 is 0 Å². The molecule has 3 nitrogen and oxygen atoms in total. The van der Waals surface area contributed by atoms with E-state index in [9.17, 15) is 0 Å². The molecule has 0 saturated carbocycles. The SMILES string of the molecule is CC1CC(c2ccc(-c3ccc4c(c3)ncc3ccccc34)cc2)=c2ccccc2=C1c1ccc(-c2cc3c4ccc5ccccc5c4sc3c3nc4cc5cc6ccccc6cc5cc4n23)cc1. The fourth-order valence-electron chi connectivity index (χ4n) is 11.7. The minimum Gasteiger partial charge on any atom is -0.291 e. The van der Waals surface area contributed by atoms with E-state index in [1.165, 1.54) is 118 Å². The first kappa shape index (κ1) is 38.6. The van der Waals surface area contributed by atoms with Crippen LogP contribution in [0, 0.1) is 5.92 Å². The minimum atomic E-state index is 0.318.